The van der Waals surface area contributed by atoms with Gasteiger partial charge in [0.2, 0.25) is 0 Å². The average molecular weight is 365 g/mol. The molecule has 1 saturated heterocycles. The molecule has 27 heavy (non-hydrogen) atoms. The van der Waals surface area contributed by atoms with E-state index in [9.17, 15) is 0 Å². The lowest BCUT2D eigenvalue weighted by atomic mass is 9.95. The first kappa shape index (κ1) is 17.7. The Morgan fingerprint density at radius 1 is 0.926 bits per heavy atom. The Hall–Kier alpha value is -2.70. The molecule has 1 aliphatic rings. The normalized spacial score (nSPS) is 15.6. The van der Waals surface area contributed by atoms with Crippen LogP contribution in [0.4, 0.5) is 11.6 Å². The van der Waals surface area contributed by atoms with Gasteiger partial charge >= 0.3 is 0 Å². The number of piperazine rings is 1. The molecule has 0 amide bonds. The van der Waals surface area contributed by atoms with Crippen LogP contribution in [-0.4, -0.2) is 51.1 Å². The quantitative estimate of drug-likeness (QED) is 0.753. The number of rotatable bonds is 2. The summed E-state index contributed by atoms with van der Waals surface area (Å²) in [4.78, 5) is 26.4. The van der Waals surface area contributed by atoms with E-state index < -0.39 is 0 Å². The van der Waals surface area contributed by atoms with Crippen molar-refractivity contribution in [2.24, 2.45) is 0 Å². The van der Waals surface area contributed by atoms with Crippen LogP contribution in [0.3, 0.4) is 0 Å². The summed E-state index contributed by atoms with van der Waals surface area (Å²) in [5.41, 5.74) is 3.07. The minimum absolute atomic E-state index is 0.0596. The number of aromatic nitrogens is 5. The van der Waals surface area contributed by atoms with E-state index in [1.165, 1.54) is 5.56 Å². The smallest absolute Gasteiger partial charge is 0.142 e. The fourth-order valence-corrected chi connectivity index (χ4v) is 3.50. The maximum absolute atomic E-state index is 4.93. The molecular weight excluding hydrogens is 338 g/mol. The number of hydrogen-bond acceptors (Lipinski definition) is 6. The van der Waals surface area contributed by atoms with Gasteiger partial charge in [0, 0.05) is 49.0 Å². The predicted octanol–water partition coefficient (Wildman–Crippen LogP) is 2.99. The minimum Gasteiger partial charge on any atom is -0.353 e. The van der Waals surface area contributed by atoms with Crippen molar-refractivity contribution in [3.05, 3.63) is 35.7 Å². The second kappa shape index (κ2) is 6.48. The average Bonchev–Trinajstić information content (AvgIpc) is 3.12. The third-order valence-electron chi connectivity index (χ3n) is 5.25. The molecule has 0 atom stereocenters. The molecule has 0 saturated carbocycles. The first-order chi connectivity index (χ1) is 12.8. The van der Waals surface area contributed by atoms with Crippen LogP contribution in [0.25, 0.3) is 11.0 Å². The van der Waals surface area contributed by atoms with Gasteiger partial charge < -0.3 is 14.8 Å². The van der Waals surface area contributed by atoms with Gasteiger partial charge in [-0.05, 0) is 19.9 Å². The highest BCUT2D eigenvalue weighted by molar-refractivity contribution is 5.87. The van der Waals surface area contributed by atoms with E-state index in [1.807, 2.05) is 12.3 Å². The zero-order chi connectivity index (χ0) is 19.2. The number of hydrogen-bond donors (Lipinski definition) is 1. The topological polar surface area (TPSA) is 73.8 Å². The van der Waals surface area contributed by atoms with Crippen LogP contribution in [-0.2, 0) is 5.41 Å². The second-order valence-electron chi connectivity index (χ2n) is 8.24. The molecule has 0 unspecified atom stereocenters. The Kier molecular flexibility index (Phi) is 4.25. The van der Waals surface area contributed by atoms with E-state index in [4.69, 9.17) is 9.97 Å². The molecule has 0 spiro atoms. The molecule has 7 nitrogen and oxygen atoms in total. The number of anilines is 2. The number of nitrogens with one attached hydrogen (secondary N) is 1. The first-order valence-electron chi connectivity index (χ1n) is 9.48. The lowest BCUT2D eigenvalue weighted by molar-refractivity contribution is 0.538. The first-order valence-corrected chi connectivity index (χ1v) is 9.48. The Morgan fingerprint density at radius 3 is 2.26 bits per heavy atom. The van der Waals surface area contributed by atoms with Crippen molar-refractivity contribution in [2.75, 3.05) is 36.0 Å². The fourth-order valence-electron chi connectivity index (χ4n) is 3.50. The van der Waals surface area contributed by atoms with Gasteiger partial charge in [-0.25, -0.2) is 19.9 Å². The monoisotopic (exact) mass is 365 g/mol. The van der Waals surface area contributed by atoms with Gasteiger partial charge in [0.1, 0.15) is 29.4 Å². The number of H-pyrrole nitrogens is 1. The Bertz CT molecular complexity index is 962. The van der Waals surface area contributed by atoms with Gasteiger partial charge in [0.15, 0.2) is 0 Å². The summed E-state index contributed by atoms with van der Waals surface area (Å²) < 4.78 is 0. The molecule has 1 fully saturated rings. The van der Waals surface area contributed by atoms with Crippen molar-refractivity contribution in [3.8, 4) is 0 Å². The zero-order valence-corrected chi connectivity index (χ0v) is 16.7. The maximum atomic E-state index is 4.93. The van der Waals surface area contributed by atoms with Crippen LogP contribution in [0.2, 0.25) is 0 Å². The molecule has 0 aliphatic carbocycles. The van der Waals surface area contributed by atoms with Crippen molar-refractivity contribution >= 4 is 22.7 Å². The minimum atomic E-state index is -0.0596. The summed E-state index contributed by atoms with van der Waals surface area (Å²) in [5.74, 6) is 2.99. The highest BCUT2D eigenvalue weighted by Crippen LogP contribution is 2.28. The van der Waals surface area contributed by atoms with Crippen LogP contribution in [0.5, 0.6) is 0 Å². The van der Waals surface area contributed by atoms with E-state index in [0.717, 1.165) is 60.4 Å². The van der Waals surface area contributed by atoms with Crippen LogP contribution in [0.15, 0.2) is 18.6 Å². The zero-order valence-electron chi connectivity index (χ0n) is 16.7. The summed E-state index contributed by atoms with van der Waals surface area (Å²) in [5, 5.41) is 1.08. The summed E-state index contributed by atoms with van der Waals surface area (Å²) in [6.07, 6.45) is 3.55. The SMILES string of the molecule is Cc1nc(C(C)(C)C)nc(N2CCN(c3ncnc4[nH]ccc34)CC2)c1C. The van der Waals surface area contributed by atoms with Crippen molar-refractivity contribution in [3.63, 3.8) is 0 Å². The Morgan fingerprint density at radius 2 is 1.59 bits per heavy atom. The van der Waals surface area contributed by atoms with E-state index in [0.29, 0.717) is 0 Å². The van der Waals surface area contributed by atoms with E-state index in [-0.39, 0.29) is 5.41 Å². The Labute approximate surface area is 159 Å². The van der Waals surface area contributed by atoms with Crippen LogP contribution in [0, 0.1) is 13.8 Å². The van der Waals surface area contributed by atoms with Gasteiger partial charge in [0.25, 0.3) is 0 Å². The van der Waals surface area contributed by atoms with Gasteiger partial charge in [-0.3, -0.25) is 0 Å². The molecule has 3 aromatic heterocycles. The van der Waals surface area contributed by atoms with Gasteiger partial charge in [-0.1, -0.05) is 20.8 Å². The molecule has 0 radical (unpaired) electrons. The lowest BCUT2D eigenvalue weighted by Crippen LogP contribution is -2.47. The highest BCUT2D eigenvalue weighted by Gasteiger charge is 2.25. The molecule has 0 bridgehead atoms. The number of nitrogens with zero attached hydrogens (tertiary/aromatic N) is 6. The summed E-state index contributed by atoms with van der Waals surface area (Å²) in [6, 6.07) is 2.05. The van der Waals surface area contributed by atoms with E-state index in [2.05, 4.69) is 59.4 Å². The third-order valence-corrected chi connectivity index (χ3v) is 5.25. The van der Waals surface area contributed by atoms with Crippen LogP contribution in [0.1, 0.15) is 37.9 Å². The standard InChI is InChI=1S/C20H27N7/c1-13-14(2)24-19(20(3,4)5)25-17(13)26-8-10-27(11-9-26)18-15-6-7-21-16(15)22-12-23-18/h6-7,12H,8-11H2,1-5H3,(H,21,22,23). The third kappa shape index (κ3) is 3.22. The molecule has 1 N–H and O–H groups in total. The van der Waals surface area contributed by atoms with E-state index >= 15 is 0 Å². The maximum Gasteiger partial charge on any atom is 0.142 e. The predicted molar refractivity (Wildman–Crippen MR) is 109 cm³/mol. The number of aromatic amines is 1. The van der Waals surface area contributed by atoms with Crippen LogP contribution >= 0.6 is 0 Å². The molecule has 0 aromatic carbocycles. The van der Waals surface area contributed by atoms with Gasteiger partial charge in [0.05, 0.1) is 5.39 Å². The molecule has 4 heterocycles. The molecule has 7 heteroatoms. The fraction of sp³-hybridized carbons (Fsp3) is 0.500. The Balaban J connectivity index is 1.58. The summed E-state index contributed by atoms with van der Waals surface area (Å²) in [7, 11) is 0. The molecule has 1 aliphatic heterocycles. The molecular formula is C20H27N7. The van der Waals surface area contributed by atoms with Crippen molar-refractivity contribution < 1.29 is 0 Å². The number of fused-ring (bicyclic) bond motifs is 1. The molecule has 142 valence electrons. The van der Waals surface area contributed by atoms with Gasteiger partial charge in [-0.2, -0.15) is 0 Å². The van der Waals surface area contributed by atoms with Crippen molar-refractivity contribution in [2.45, 2.75) is 40.0 Å². The van der Waals surface area contributed by atoms with E-state index in [1.54, 1.807) is 6.33 Å². The second-order valence-corrected chi connectivity index (χ2v) is 8.24. The van der Waals surface area contributed by atoms with Crippen molar-refractivity contribution in [1.82, 2.24) is 24.9 Å². The molecule has 4 rings (SSSR count). The summed E-state index contributed by atoms with van der Waals surface area (Å²) >= 11 is 0. The molecule has 3 aromatic rings. The lowest BCUT2D eigenvalue weighted by Gasteiger charge is -2.37. The van der Waals surface area contributed by atoms with Crippen molar-refractivity contribution in [1.29, 1.82) is 0 Å². The largest absolute Gasteiger partial charge is 0.353 e. The van der Waals surface area contributed by atoms with Crippen LogP contribution < -0.4 is 9.80 Å². The van der Waals surface area contributed by atoms with Gasteiger partial charge in [-0.15, -0.1) is 0 Å². The highest BCUT2D eigenvalue weighted by atomic mass is 15.3. The number of aryl methyl sites for hydroxylation is 1. The summed E-state index contributed by atoms with van der Waals surface area (Å²) in [6.45, 7) is 14.3.